The number of carboxylic acids is 1. The molecule has 4 nitrogen and oxygen atoms in total. The second kappa shape index (κ2) is 2.49. The van der Waals surface area contributed by atoms with Crippen molar-refractivity contribution in [1.82, 2.24) is 0 Å². The fraction of sp³-hybridized carbons (Fsp3) is 0. The molecule has 4 heteroatoms. The number of hydrogen-bond acceptors (Lipinski definition) is 3. The lowest BCUT2D eigenvalue weighted by atomic mass is 10.9. The summed E-state index contributed by atoms with van der Waals surface area (Å²) in [6.45, 7) is 0. The molecule has 1 rings (SSSR count). The number of anilines is 2. The molecule has 0 atom stereocenters. The van der Waals surface area contributed by atoms with Gasteiger partial charge in [-0.25, -0.2) is 4.79 Å². The minimum absolute atomic E-state index is 0.150. The molecule has 0 aliphatic heterocycles. The van der Waals surface area contributed by atoms with Gasteiger partial charge in [0.25, 0.3) is 0 Å². The van der Waals surface area contributed by atoms with Crippen molar-refractivity contribution in [2.75, 3.05) is 11.5 Å². The van der Waals surface area contributed by atoms with E-state index in [1.807, 2.05) is 0 Å². The van der Waals surface area contributed by atoms with E-state index in [1.165, 1.54) is 18.2 Å². The van der Waals surface area contributed by atoms with Crippen molar-refractivity contribution >= 4 is 17.3 Å². The minimum atomic E-state index is -1.00. The molecular formula is C7H8N2O2. The molecule has 0 unspecified atom stereocenters. The number of nitrogen functional groups attached to an aromatic ring is 2. The lowest BCUT2D eigenvalue weighted by Gasteiger charge is -1.99. The smallest absolute Gasteiger partial charge is 0.335 e. The average molecular weight is 158 g/mol. The largest absolute Gasteiger partial charge is 0.478 e. The van der Waals surface area contributed by atoms with Crippen molar-refractivity contribution in [3.8, 4) is 0 Å². The number of benzene rings is 1. The Morgan fingerprint density at radius 3 is 2.36 bits per heavy atom. The Morgan fingerprint density at radius 1 is 1.27 bits per heavy atom. The Hall–Kier alpha value is -1.71. The van der Waals surface area contributed by atoms with E-state index in [0.29, 0.717) is 11.4 Å². The molecule has 0 aliphatic carbocycles. The summed E-state index contributed by atoms with van der Waals surface area (Å²) in [5.41, 5.74) is 11.6. The van der Waals surface area contributed by atoms with Gasteiger partial charge in [-0.1, -0.05) is 0 Å². The maximum absolute atomic E-state index is 10.4. The lowest BCUT2D eigenvalue weighted by molar-refractivity contribution is 0.0697. The van der Waals surface area contributed by atoms with Crippen LogP contribution in [0.5, 0.6) is 0 Å². The lowest BCUT2D eigenvalue weighted by Crippen LogP contribution is -2.00. The maximum Gasteiger partial charge on any atom is 0.335 e. The van der Waals surface area contributed by atoms with E-state index < -0.39 is 5.97 Å². The normalized spacial score (nSPS) is 9.45. The van der Waals surface area contributed by atoms with E-state index in [4.69, 9.17) is 16.6 Å². The first-order chi connectivity index (χ1) is 5.11. The number of hydrogen-bond donors (Lipinski definition) is 3. The minimum Gasteiger partial charge on any atom is -0.478 e. The topological polar surface area (TPSA) is 89.3 Å². The molecule has 0 saturated heterocycles. The predicted octanol–water partition coefficient (Wildman–Crippen LogP) is 0.549. The standard InChI is InChI=1S/C7H8N2O2/c8-5-2-1-4(7(10)11)3-6(5)9/h1-3H,8-9H2,(H,10,11)/i1+1,2+1,3+1,4+1,5+1,6+1. The van der Waals surface area contributed by atoms with E-state index in [0.717, 1.165) is 0 Å². The number of aromatic carboxylic acids is 1. The SMILES string of the molecule is N[13c]1[13cH][13cH][13c](C(=O)O)[13cH][13c]1N. The summed E-state index contributed by atoms with van der Waals surface area (Å²) in [4.78, 5) is 10.4. The van der Waals surface area contributed by atoms with Crippen LogP contribution in [0, 0.1) is 0 Å². The van der Waals surface area contributed by atoms with Crippen LogP contribution in [-0.4, -0.2) is 11.1 Å². The van der Waals surface area contributed by atoms with Gasteiger partial charge in [0.1, 0.15) is 0 Å². The van der Waals surface area contributed by atoms with Gasteiger partial charge in [-0.2, -0.15) is 0 Å². The molecule has 0 saturated carbocycles. The highest BCUT2D eigenvalue weighted by molar-refractivity contribution is 5.90. The van der Waals surface area contributed by atoms with Crippen LogP contribution < -0.4 is 11.5 Å². The third kappa shape index (κ3) is 1.40. The number of carboxylic acid groups (broad SMARTS) is 1. The molecule has 1 aromatic carbocycles. The molecular weight excluding hydrogens is 150 g/mol. The molecule has 0 heterocycles. The third-order valence-corrected chi connectivity index (χ3v) is 1.33. The van der Waals surface area contributed by atoms with Gasteiger partial charge < -0.3 is 16.6 Å². The monoisotopic (exact) mass is 158 g/mol. The molecule has 0 radical (unpaired) electrons. The molecule has 0 aliphatic rings. The maximum atomic E-state index is 10.4. The van der Waals surface area contributed by atoms with Gasteiger partial charge in [0.15, 0.2) is 0 Å². The first-order valence-electron chi connectivity index (χ1n) is 2.99. The summed E-state index contributed by atoms with van der Waals surface area (Å²) >= 11 is 0. The van der Waals surface area contributed by atoms with Crippen molar-refractivity contribution in [3.63, 3.8) is 0 Å². The van der Waals surface area contributed by atoms with E-state index in [2.05, 4.69) is 0 Å². The van der Waals surface area contributed by atoms with Crippen LogP contribution in [0.4, 0.5) is 11.4 Å². The quantitative estimate of drug-likeness (QED) is 0.520. The van der Waals surface area contributed by atoms with Crippen LogP contribution in [0.2, 0.25) is 0 Å². The van der Waals surface area contributed by atoms with Gasteiger partial charge in [-0.15, -0.1) is 0 Å². The Balaban J connectivity index is 3.15. The second-order valence-electron chi connectivity index (χ2n) is 2.15. The van der Waals surface area contributed by atoms with E-state index >= 15 is 0 Å². The molecule has 0 spiro atoms. The summed E-state index contributed by atoms with van der Waals surface area (Å²) < 4.78 is 0. The summed E-state index contributed by atoms with van der Waals surface area (Å²) in [7, 11) is 0. The Labute approximate surface area is 63.4 Å². The Morgan fingerprint density at radius 2 is 1.91 bits per heavy atom. The van der Waals surface area contributed by atoms with Crippen molar-refractivity contribution in [3.05, 3.63) is 23.8 Å². The van der Waals surface area contributed by atoms with Crippen LogP contribution >= 0.6 is 0 Å². The molecule has 0 amide bonds. The molecule has 11 heavy (non-hydrogen) atoms. The molecule has 5 N–H and O–H groups in total. The van der Waals surface area contributed by atoms with Gasteiger partial charge >= 0.3 is 5.97 Å². The van der Waals surface area contributed by atoms with Gasteiger partial charge in [-0.05, 0) is 18.2 Å². The molecule has 58 valence electrons. The fourth-order valence-electron chi connectivity index (χ4n) is 0.708. The zero-order valence-corrected chi connectivity index (χ0v) is 5.74. The first-order valence-corrected chi connectivity index (χ1v) is 2.99. The zero-order chi connectivity index (χ0) is 8.43. The van der Waals surface area contributed by atoms with Crippen molar-refractivity contribution < 1.29 is 9.90 Å². The highest BCUT2D eigenvalue weighted by Gasteiger charge is 2.03. The molecule has 0 aromatic heterocycles. The van der Waals surface area contributed by atoms with Gasteiger partial charge in [0, 0.05) is 0 Å². The van der Waals surface area contributed by atoms with Crippen LogP contribution in [0.3, 0.4) is 0 Å². The summed E-state index contributed by atoms with van der Waals surface area (Å²) in [6, 6.07) is 4.21. The molecule has 0 fully saturated rings. The Bertz CT molecular complexity index is 296. The van der Waals surface area contributed by atoms with Gasteiger partial charge in [0.05, 0.1) is 16.9 Å². The Kier molecular flexibility index (Phi) is 1.68. The summed E-state index contributed by atoms with van der Waals surface area (Å²) in [5.74, 6) is -1.00. The van der Waals surface area contributed by atoms with Crippen LogP contribution in [0.1, 0.15) is 10.4 Å². The molecule has 1 aromatic rings. The highest BCUT2D eigenvalue weighted by atomic mass is 16.4. The van der Waals surface area contributed by atoms with Crippen molar-refractivity contribution in [2.24, 2.45) is 0 Å². The molecule has 0 bridgehead atoms. The van der Waals surface area contributed by atoms with E-state index in [-0.39, 0.29) is 5.56 Å². The van der Waals surface area contributed by atoms with Crippen molar-refractivity contribution in [2.45, 2.75) is 0 Å². The summed E-state index contributed by atoms with van der Waals surface area (Å²) in [5, 5.41) is 8.50. The van der Waals surface area contributed by atoms with Crippen LogP contribution in [0.15, 0.2) is 18.2 Å². The van der Waals surface area contributed by atoms with Gasteiger partial charge in [-0.3, -0.25) is 0 Å². The number of rotatable bonds is 1. The van der Waals surface area contributed by atoms with Crippen LogP contribution in [0.25, 0.3) is 0 Å². The van der Waals surface area contributed by atoms with E-state index in [1.54, 1.807) is 0 Å². The third-order valence-electron chi connectivity index (χ3n) is 1.33. The fourth-order valence-corrected chi connectivity index (χ4v) is 0.708. The van der Waals surface area contributed by atoms with E-state index in [9.17, 15) is 4.79 Å². The van der Waals surface area contributed by atoms with Gasteiger partial charge in [0.2, 0.25) is 0 Å². The zero-order valence-electron chi connectivity index (χ0n) is 5.74. The highest BCUT2D eigenvalue weighted by Crippen LogP contribution is 2.15. The second-order valence-corrected chi connectivity index (χ2v) is 2.15. The summed E-state index contributed by atoms with van der Waals surface area (Å²) in [6.07, 6.45) is 0. The predicted molar refractivity (Wildman–Crippen MR) is 42.2 cm³/mol. The van der Waals surface area contributed by atoms with Crippen molar-refractivity contribution in [1.29, 1.82) is 0 Å². The van der Waals surface area contributed by atoms with Crippen LogP contribution in [-0.2, 0) is 0 Å². The number of nitrogens with two attached hydrogens (primary N) is 2. The number of carbonyl (C=O) groups is 1. The average Bonchev–Trinajstić information content (AvgIpc) is 1.94. The first kappa shape index (κ1) is 7.40.